The Hall–Kier alpha value is -1.34. The van der Waals surface area contributed by atoms with Crippen LogP contribution >= 0.6 is 23.1 Å². The summed E-state index contributed by atoms with van der Waals surface area (Å²) in [5.74, 6) is 2.30. The van der Waals surface area contributed by atoms with Gasteiger partial charge in [0.25, 0.3) is 0 Å². The maximum absolute atomic E-state index is 12.1. The molecule has 2 aliphatic carbocycles. The molecule has 2 aromatic heterocycles. The van der Waals surface area contributed by atoms with Crippen molar-refractivity contribution in [3.63, 3.8) is 0 Å². The summed E-state index contributed by atoms with van der Waals surface area (Å²) >= 11 is 3.30. The Morgan fingerprint density at radius 1 is 1.23 bits per heavy atom. The molecule has 2 fully saturated rings. The topological polar surface area (TPSA) is 59.8 Å². The van der Waals surface area contributed by atoms with Gasteiger partial charge in [0.15, 0.2) is 5.16 Å². The van der Waals surface area contributed by atoms with Crippen LogP contribution in [0.15, 0.2) is 22.7 Å². The molecule has 7 heteroatoms. The Morgan fingerprint density at radius 3 is 2.81 bits per heavy atom. The van der Waals surface area contributed by atoms with E-state index in [1.54, 1.807) is 11.3 Å². The van der Waals surface area contributed by atoms with Crippen molar-refractivity contribution in [2.24, 2.45) is 5.92 Å². The van der Waals surface area contributed by atoms with Gasteiger partial charge in [-0.3, -0.25) is 4.79 Å². The Kier molecular flexibility index (Phi) is 5.94. The second kappa shape index (κ2) is 8.57. The molecular formula is C19H26N4OS2. The maximum Gasteiger partial charge on any atom is 0.230 e. The van der Waals surface area contributed by atoms with Gasteiger partial charge in [-0.05, 0) is 43.0 Å². The fourth-order valence-corrected chi connectivity index (χ4v) is 5.12. The lowest BCUT2D eigenvalue weighted by Crippen LogP contribution is -2.27. The van der Waals surface area contributed by atoms with E-state index in [9.17, 15) is 4.79 Å². The first-order valence-electron chi connectivity index (χ1n) is 9.65. The zero-order chi connectivity index (χ0) is 17.8. The standard InChI is InChI=1S/C19H26N4OS2/c24-18(20-12-14-8-9-14)13-26-19-22-21-17(11-16-7-4-10-25-16)23(19)15-5-2-1-3-6-15/h4,7,10,14-15H,1-3,5-6,8-9,11-13H2,(H,20,24). The Morgan fingerprint density at radius 2 is 2.08 bits per heavy atom. The molecule has 0 radical (unpaired) electrons. The number of hydrogen-bond acceptors (Lipinski definition) is 5. The molecular weight excluding hydrogens is 364 g/mol. The molecule has 2 heterocycles. The van der Waals surface area contributed by atoms with Crippen LogP contribution in [0.5, 0.6) is 0 Å². The number of rotatable bonds is 8. The molecule has 140 valence electrons. The van der Waals surface area contributed by atoms with Crippen molar-refractivity contribution in [3.8, 4) is 0 Å². The Bertz CT molecular complexity index is 718. The maximum atomic E-state index is 12.1. The minimum atomic E-state index is 0.111. The Balaban J connectivity index is 1.45. The summed E-state index contributed by atoms with van der Waals surface area (Å²) in [7, 11) is 0. The third-order valence-electron chi connectivity index (χ3n) is 5.20. The monoisotopic (exact) mass is 390 g/mol. The second-order valence-corrected chi connectivity index (χ2v) is 9.33. The van der Waals surface area contributed by atoms with Gasteiger partial charge in [0, 0.05) is 23.9 Å². The van der Waals surface area contributed by atoms with Crippen molar-refractivity contribution >= 4 is 29.0 Å². The molecule has 0 saturated heterocycles. The van der Waals surface area contributed by atoms with Gasteiger partial charge in [-0.1, -0.05) is 37.1 Å². The van der Waals surface area contributed by atoms with Gasteiger partial charge in [-0.25, -0.2) is 0 Å². The van der Waals surface area contributed by atoms with Crippen molar-refractivity contribution in [2.45, 2.75) is 62.6 Å². The van der Waals surface area contributed by atoms with Crippen molar-refractivity contribution in [2.75, 3.05) is 12.3 Å². The smallest absolute Gasteiger partial charge is 0.230 e. The molecule has 4 rings (SSSR count). The molecule has 2 aliphatic rings. The van der Waals surface area contributed by atoms with Gasteiger partial charge >= 0.3 is 0 Å². The van der Waals surface area contributed by atoms with Gasteiger partial charge in [-0.15, -0.1) is 21.5 Å². The normalized spacial score (nSPS) is 18.2. The molecule has 0 bridgehead atoms. The molecule has 1 amide bonds. The molecule has 2 aromatic rings. The van der Waals surface area contributed by atoms with Gasteiger partial charge in [-0.2, -0.15) is 0 Å². The van der Waals surface area contributed by atoms with E-state index in [0.717, 1.165) is 23.9 Å². The van der Waals surface area contributed by atoms with Crippen LogP contribution in [-0.4, -0.2) is 33.0 Å². The van der Waals surface area contributed by atoms with Crippen LogP contribution in [0.2, 0.25) is 0 Å². The van der Waals surface area contributed by atoms with Crippen LogP contribution < -0.4 is 5.32 Å². The average Bonchev–Trinajstić information content (AvgIpc) is 3.20. The number of hydrogen-bond donors (Lipinski definition) is 1. The van der Waals surface area contributed by atoms with Gasteiger partial charge in [0.05, 0.1) is 5.75 Å². The number of thiophene rings is 1. The van der Waals surface area contributed by atoms with Gasteiger partial charge < -0.3 is 9.88 Å². The summed E-state index contributed by atoms with van der Waals surface area (Å²) in [6, 6.07) is 4.72. The number of aromatic nitrogens is 3. The van der Waals surface area contributed by atoms with Gasteiger partial charge in [0.1, 0.15) is 5.82 Å². The van der Waals surface area contributed by atoms with Crippen LogP contribution in [0.1, 0.15) is 61.7 Å². The molecule has 0 aromatic carbocycles. The van der Waals surface area contributed by atoms with Crippen LogP contribution in [0.3, 0.4) is 0 Å². The van der Waals surface area contributed by atoms with E-state index in [1.807, 2.05) is 0 Å². The molecule has 1 N–H and O–H groups in total. The quantitative estimate of drug-likeness (QED) is 0.691. The van der Waals surface area contributed by atoms with E-state index in [4.69, 9.17) is 0 Å². The molecule has 5 nitrogen and oxygen atoms in total. The number of thioether (sulfide) groups is 1. The predicted octanol–water partition coefficient (Wildman–Crippen LogP) is 4.05. The van der Waals surface area contributed by atoms with E-state index in [0.29, 0.717) is 17.7 Å². The highest BCUT2D eigenvalue weighted by Crippen LogP contribution is 2.33. The van der Waals surface area contributed by atoms with E-state index in [2.05, 4.69) is 37.6 Å². The number of carbonyl (C=O) groups excluding carboxylic acids is 1. The van der Waals surface area contributed by atoms with E-state index in [-0.39, 0.29) is 5.91 Å². The first kappa shape index (κ1) is 18.0. The molecule has 26 heavy (non-hydrogen) atoms. The lowest BCUT2D eigenvalue weighted by molar-refractivity contribution is -0.118. The van der Waals surface area contributed by atoms with Crippen molar-refractivity contribution < 1.29 is 4.79 Å². The number of nitrogens with one attached hydrogen (secondary N) is 1. The zero-order valence-electron chi connectivity index (χ0n) is 15.0. The SMILES string of the molecule is O=C(CSc1nnc(Cc2cccs2)n1C1CCCCC1)NCC1CC1. The predicted molar refractivity (Wildman–Crippen MR) is 106 cm³/mol. The van der Waals surface area contributed by atoms with E-state index in [1.165, 1.54) is 61.6 Å². The minimum absolute atomic E-state index is 0.111. The summed E-state index contributed by atoms with van der Waals surface area (Å²) in [5.41, 5.74) is 0. The summed E-state index contributed by atoms with van der Waals surface area (Å²) in [5, 5.41) is 15.0. The first-order chi connectivity index (χ1) is 12.8. The minimum Gasteiger partial charge on any atom is -0.355 e. The van der Waals surface area contributed by atoms with Crippen molar-refractivity contribution in [1.29, 1.82) is 0 Å². The lowest BCUT2D eigenvalue weighted by Gasteiger charge is -2.25. The largest absolute Gasteiger partial charge is 0.355 e. The molecule has 0 aliphatic heterocycles. The molecule has 0 spiro atoms. The fraction of sp³-hybridized carbons (Fsp3) is 0.632. The lowest BCUT2D eigenvalue weighted by atomic mass is 9.95. The van der Waals surface area contributed by atoms with Crippen LogP contribution in [-0.2, 0) is 11.2 Å². The number of amides is 1. The molecule has 0 unspecified atom stereocenters. The van der Waals surface area contributed by atoms with Crippen LogP contribution in [0.25, 0.3) is 0 Å². The summed E-state index contributed by atoms with van der Waals surface area (Å²) in [6.45, 7) is 0.832. The van der Waals surface area contributed by atoms with E-state index >= 15 is 0 Å². The summed E-state index contributed by atoms with van der Waals surface area (Å²) < 4.78 is 2.33. The van der Waals surface area contributed by atoms with Crippen LogP contribution in [0.4, 0.5) is 0 Å². The van der Waals surface area contributed by atoms with Gasteiger partial charge in [0.2, 0.25) is 5.91 Å². The summed E-state index contributed by atoms with van der Waals surface area (Å²) in [4.78, 5) is 13.4. The highest BCUT2D eigenvalue weighted by molar-refractivity contribution is 7.99. The van der Waals surface area contributed by atoms with Crippen molar-refractivity contribution in [3.05, 3.63) is 28.2 Å². The van der Waals surface area contributed by atoms with E-state index < -0.39 is 0 Å². The van der Waals surface area contributed by atoms with Crippen molar-refractivity contribution in [1.82, 2.24) is 20.1 Å². The summed E-state index contributed by atoms with van der Waals surface area (Å²) in [6.07, 6.45) is 9.60. The highest BCUT2D eigenvalue weighted by atomic mass is 32.2. The fourth-order valence-electron chi connectivity index (χ4n) is 3.56. The third-order valence-corrected chi connectivity index (χ3v) is 7.02. The Labute approximate surface area is 163 Å². The molecule has 2 saturated carbocycles. The number of carbonyl (C=O) groups is 1. The first-order valence-corrected chi connectivity index (χ1v) is 11.5. The zero-order valence-corrected chi connectivity index (χ0v) is 16.7. The highest BCUT2D eigenvalue weighted by Gasteiger charge is 2.24. The number of nitrogens with zero attached hydrogens (tertiary/aromatic N) is 3. The molecule has 0 atom stereocenters. The second-order valence-electron chi connectivity index (χ2n) is 7.35. The average molecular weight is 391 g/mol. The van der Waals surface area contributed by atoms with Crippen LogP contribution in [0, 0.1) is 5.92 Å². The third kappa shape index (κ3) is 4.68.